The lowest BCUT2D eigenvalue weighted by molar-refractivity contribution is -0.135. The molecular weight excluding hydrogens is 200 g/mol. The van der Waals surface area contributed by atoms with Crippen molar-refractivity contribution in [1.82, 2.24) is 5.32 Å². The van der Waals surface area contributed by atoms with E-state index in [2.05, 4.69) is 0 Å². The maximum Gasteiger partial charge on any atom is 0.404 e. The van der Waals surface area contributed by atoms with Gasteiger partial charge in [0.15, 0.2) is 5.78 Å². The summed E-state index contributed by atoms with van der Waals surface area (Å²) >= 11 is 0. The quantitative estimate of drug-likeness (QED) is 0.497. The summed E-state index contributed by atoms with van der Waals surface area (Å²) in [5.74, 6) is -0.687. The second-order valence-electron chi connectivity index (χ2n) is 3.93. The van der Waals surface area contributed by atoms with Crippen LogP contribution in [0.5, 0.6) is 0 Å². The molecule has 4 unspecified atom stereocenters. The van der Waals surface area contributed by atoms with Crippen LogP contribution in [0.25, 0.3) is 0 Å². The molecule has 0 saturated heterocycles. The zero-order chi connectivity index (χ0) is 11.6. The number of nitrogens with one attached hydrogen (secondary N) is 1. The molecule has 1 aliphatic rings. The van der Waals surface area contributed by atoms with Gasteiger partial charge in [0.1, 0.15) is 6.10 Å². The van der Waals surface area contributed by atoms with Crippen molar-refractivity contribution in [3.05, 3.63) is 0 Å². The molecule has 1 fully saturated rings. The Balaban J connectivity index is 2.48. The summed E-state index contributed by atoms with van der Waals surface area (Å²) in [6, 6.07) is -0.994. The molecule has 1 amide bonds. The molecule has 6 heteroatoms. The molecule has 0 aromatic heterocycles. The van der Waals surface area contributed by atoms with E-state index in [0.29, 0.717) is 6.42 Å². The van der Waals surface area contributed by atoms with Crippen LogP contribution in [0.15, 0.2) is 0 Å². The summed E-state index contributed by atoms with van der Waals surface area (Å²) in [5, 5.41) is 20.0. The maximum atomic E-state index is 11.6. The largest absolute Gasteiger partial charge is 0.465 e. The van der Waals surface area contributed by atoms with E-state index in [1.165, 1.54) is 6.92 Å². The number of hydrogen-bond acceptors (Lipinski definition) is 4. The van der Waals surface area contributed by atoms with Crippen LogP contribution in [0.2, 0.25) is 0 Å². The van der Waals surface area contributed by atoms with E-state index in [-0.39, 0.29) is 17.7 Å². The molecule has 0 spiro atoms. The van der Waals surface area contributed by atoms with Gasteiger partial charge in [0.2, 0.25) is 0 Å². The van der Waals surface area contributed by atoms with Crippen LogP contribution >= 0.6 is 0 Å². The lowest BCUT2D eigenvalue weighted by atomic mass is 9.75. The average molecular weight is 216 g/mol. The first kappa shape index (κ1) is 11.9. The van der Waals surface area contributed by atoms with Crippen molar-refractivity contribution in [3.63, 3.8) is 0 Å². The fourth-order valence-corrected chi connectivity index (χ4v) is 1.62. The third kappa shape index (κ3) is 2.66. The van der Waals surface area contributed by atoms with Gasteiger partial charge in [-0.15, -0.1) is 0 Å². The molecule has 0 aromatic rings. The van der Waals surface area contributed by atoms with Crippen molar-refractivity contribution in [2.24, 2.45) is 11.7 Å². The average Bonchev–Trinajstić information content (AvgIpc) is 2.13. The first-order valence-electron chi connectivity index (χ1n) is 4.90. The van der Waals surface area contributed by atoms with Crippen molar-refractivity contribution in [2.45, 2.75) is 38.0 Å². The monoisotopic (exact) mass is 216 g/mol. The van der Waals surface area contributed by atoms with Gasteiger partial charge in [-0.3, -0.25) is 4.79 Å². The van der Waals surface area contributed by atoms with E-state index in [0.717, 1.165) is 6.42 Å². The minimum absolute atomic E-state index is 0.191. The summed E-state index contributed by atoms with van der Waals surface area (Å²) in [4.78, 5) is 21.9. The minimum Gasteiger partial charge on any atom is -0.465 e. The van der Waals surface area contributed by atoms with E-state index in [9.17, 15) is 14.7 Å². The van der Waals surface area contributed by atoms with Gasteiger partial charge in [-0.25, -0.2) is 4.79 Å². The number of hydrogen-bond donors (Lipinski definition) is 4. The molecule has 86 valence electrons. The van der Waals surface area contributed by atoms with E-state index < -0.39 is 18.2 Å². The molecule has 1 saturated carbocycles. The molecule has 0 bridgehead atoms. The Bertz CT molecular complexity index is 269. The fourth-order valence-electron chi connectivity index (χ4n) is 1.62. The summed E-state index contributed by atoms with van der Waals surface area (Å²) in [5.41, 5.74) is 5.59. The second kappa shape index (κ2) is 4.59. The van der Waals surface area contributed by atoms with Crippen LogP contribution in [-0.2, 0) is 4.79 Å². The van der Waals surface area contributed by atoms with Crippen molar-refractivity contribution in [2.75, 3.05) is 0 Å². The van der Waals surface area contributed by atoms with Crippen LogP contribution in [-0.4, -0.2) is 40.3 Å². The highest BCUT2D eigenvalue weighted by molar-refractivity contribution is 5.87. The van der Waals surface area contributed by atoms with Gasteiger partial charge in [0.25, 0.3) is 0 Å². The number of Topliss-reactive ketones (excluding diaryl/α,β-unsaturated/α-hetero) is 1. The molecule has 4 atom stereocenters. The number of carbonyl (C=O) groups is 2. The first-order chi connectivity index (χ1) is 6.93. The SMILES string of the molecule is CC(NC(=O)O)C(O)C(=O)C1CCC1N. The Morgan fingerprint density at radius 3 is 2.40 bits per heavy atom. The van der Waals surface area contributed by atoms with Crippen LogP contribution in [0.3, 0.4) is 0 Å². The molecule has 0 aromatic carbocycles. The zero-order valence-electron chi connectivity index (χ0n) is 8.51. The van der Waals surface area contributed by atoms with Gasteiger partial charge in [0, 0.05) is 12.0 Å². The number of aliphatic hydroxyl groups excluding tert-OH is 1. The van der Waals surface area contributed by atoms with E-state index in [1.807, 2.05) is 5.32 Å². The number of amides is 1. The van der Waals surface area contributed by atoms with E-state index >= 15 is 0 Å². The topological polar surface area (TPSA) is 113 Å². The molecule has 5 N–H and O–H groups in total. The normalized spacial score (nSPS) is 28.7. The standard InChI is InChI=1S/C9H16N2O4/c1-4(11-9(14)15)7(12)8(13)5-2-3-6(5)10/h4-7,11-12H,2-3,10H2,1H3,(H,14,15). The lowest BCUT2D eigenvalue weighted by Gasteiger charge is -2.34. The molecule has 1 rings (SSSR count). The predicted octanol–water partition coefficient (Wildman–Crippen LogP) is -0.690. The van der Waals surface area contributed by atoms with E-state index in [1.54, 1.807) is 0 Å². The minimum atomic E-state index is -1.31. The fraction of sp³-hybridized carbons (Fsp3) is 0.778. The molecule has 15 heavy (non-hydrogen) atoms. The predicted molar refractivity (Wildman–Crippen MR) is 52.3 cm³/mol. The Labute approximate surface area is 87.5 Å². The Kier molecular flexibility index (Phi) is 3.65. The molecule has 0 heterocycles. The zero-order valence-corrected chi connectivity index (χ0v) is 8.51. The van der Waals surface area contributed by atoms with Crippen LogP contribution in [0, 0.1) is 5.92 Å². The van der Waals surface area contributed by atoms with Gasteiger partial charge >= 0.3 is 6.09 Å². The maximum absolute atomic E-state index is 11.6. The number of nitrogens with two attached hydrogens (primary N) is 1. The summed E-state index contributed by atoms with van der Waals surface area (Å²) < 4.78 is 0. The molecule has 0 radical (unpaired) electrons. The van der Waals surface area contributed by atoms with E-state index in [4.69, 9.17) is 10.8 Å². The lowest BCUT2D eigenvalue weighted by Crippen LogP contribution is -2.53. The number of rotatable bonds is 4. The van der Waals surface area contributed by atoms with Crippen molar-refractivity contribution in [1.29, 1.82) is 0 Å². The highest BCUT2D eigenvalue weighted by Gasteiger charge is 2.38. The summed E-state index contributed by atoms with van der Waals surface area (Å²) in [7, 11) is 0. The van der Waals surface area contributed by atoms with Crippen LogP contribution in [0.1, 0.15) is 19.8 Å². The van der Waals surface area contributed by atoms with Crippen LogP contribution in [0.4, 0.5) is 4.79 Å². The molecule has 1 aliphatic carbocycles. The molecule has 6 nitrogen and oxygen atoms in total. The van der Waals surface area contributed by atoms with Crippen molar-refractivity contribution >= 4 is 11.9 Å². The Morgan fingerprint density at radius 2 is 2.07 bits per heavy atom. The number of ketones is 1. The highest BCUT2D eigenvalue weighted by Crippen LogP contribution is 2.27. The number of carbonyl (C=O) groups excluding carboxylic acids is 1. The van der Waals surface area contributed by atoms with Crippen LogP contribution < -0.4 is 11.1 Å². The Hall–Kier alpha value is -1.14. The summed E-state index contributed by atoms with van der Waals surface area (Å²) in [6.45, 7) is 1.45. The molecule has 0 aliphatic heterocycles. The van der Waals surface area contributed by atoms with Gasteiger partial charge < -0.3 is 21.3 Å². The third-order valence-corrected chi connectivity index (χ3v) is 2.81. The van der Waals surface area contributed by atoms with Crippen molar-refractivity contribution < 1.29 is 19.8 Å². The Morgan fingerprint density at radius 1 is 1.47 bits per heavy atom. The van der Waals surface area contributed by atoms with Gasteiger partial charge in [0.05, 0.1) is 6.04 Å². The smallest absolute Gasteiger partial charge is 0.404 e. The first-order valence-corrected chi connectivity index (χ1v) is 4.90. The summed E-state index contributed by atoms with van der Waals surface area (Å²) in [6.07, 6.45) is -1.11. The molecular formula is C9H16N2O4. The number of aliphatic hydroxyl groups is 1. The van der Waals surface area contributed by atoms with Crippen molar-refractivity contribution in [3.8, 4) is 0 Å². The second-order valence-corrected chi connectivity index (χ2v) is 3.93. The van der Waals surface area contributed by atoms with Gasteiger partial charge in [-0.05, 0) is 19.8 Å². The van der Waals surface area contributed by atoms with Gasteiger partial charge in [-0.1, -0.05) is 0 Å². The highest BCUT2D eigenvalue weighted by atomic mass is 16.4. The number of carboxylic acid groups (broad SMARTS) is 1. The van der Waals surface area contributed by atoms with Gasteiger partial charge in [-0.2, -0.15) is 0 Å². The third-order valence-electron chi connectivity index (χ3n) is 2.81.